The minimum Gasteiger partial charge on any atom is -0.373 e. The molecule has 15 heavy (non-hydrogen) atoms. The molecule has 0 aliphatic carbocycles. The summed E-state index contributed by atoms with van der Waals surface area (Å²) >= 11 is 0. The molecule has 1 aliphatic heterocycles. The topological polar surface area (TPSA) is 41.6 Å². The van der Waals surface area contributed by atoms with Crippen molar-refractivity contribution in [3.8, 4) is 0 Å². The molecule has 0 aromatic heterocycles. The molecule has 1 atom stereocenters. The van der Waals surface area contributed by atoms with Gasteiger partial charge in [0.2, 0.25) is 5.91 Å². The van der Waals surface area contributed by atoms with Gasteiger partial charge in [-0.15, -0.1) is 0 Å². The first-order chi connectivity index (χ1) is 7.33. The Labute approximate surface area is 92.6 Å². The zero-order valence-corrected chi connectivity index (χ0v) is 9.76. The summed E-state index contributed by atoms with van der Waals surface area (Å²) in [7, 11) is 1.70. The lowest BCUT2D eigenvalue weighted by molar-refractivity contribution is -0.120. The van der Waals surface area contributed by atoms with Crippen molar-refractivity contribution in [2.24, 2.45) is 0 Å². The van der Waals surface area contributed by atoms with E-state index >= 15 is 0 Å². The predicted octanol–water partition coefficient (Wildman–Crippen LogP) is 2.25. The second-order valence-corrected chi connectivity index (χ2v) is 4.29. The summed E-state index contributed by atoms with van der Waals surface area (Å²) in [5.74, 6) is 0.167. The minimum atomic E-state index is 0.167. The van der Waals surface area contributed by atoms with Crippen molar-refractivity contribution in [3.63, 3.8) is 0 Å². The molecule has 1 aliphatic rings. The number of ether oxygens (including phenoxy) is 1. The van der Waals surface area contributed by atoms with Crippen LogP contribution in [0.25, 0.3) is 0 Å². The third-order valence-corrected chi connectivity index (χ3v) is 2.86. The van der Waals surface area contributed by atoms with Crippen molar-refractivity contribution in [1.82, 2.24) is 5.32 Å². The SMILES string of the molecule is CNC(=O)CCCCCCCCC1CO1. The van der Waals surface area contributed by atoms with Gasteiger partial charge >= 0.3 is 0 Å². The number of carbonyl (C=O) groups is 1. The van der Waals surface area contributed by atoms with Crippen molar-refractivity contribution in [2.75, 3.05) is 13.7 Å². The average molecular weight is 213 g/mol. The summed E-state index contributed by atoms with van der Waals surface area (Å²) in [6, 6.07) is 0. The van der Waals surface area contributed by atoms with Gasteiger partial charge in [-0.2, -0.15) is 0 Å². The summed E-state index contributed by atoms with van der Waals surface area (Å²) in [4.78, 5) is 10.9. The maximum absolute atomic E-state index is 10.9. The first-order valence-corrected chi connectivity index (χ1v) is 6.15. The molecule has 1 fully saturated rings. The molecule has 88 valence electrons. The molecule has 0 bridgehead atoms. The summed E-state index contributed by atoms with van der Waals surface area (Å²) in [5, 5.41) is 2.64. The van der Waals surface area contributed by atoms with E-state index in [0.717, 1.165) is 13.0 Å². The van der Waals surface area contributed by atoms with Crippen LogP contribution in [0.3, 0.4) is 0 Å². The smallest absolute Gasteiger partial charge is 0.219 e. The predicted molar refractivity (Wildman–Crippen MR) is 60.7 cm³/mol. The Hall–Kier alpha value is -0.570. The monoisotopic (exact) mass is 213 g/mol. The van der Waals surface area contributed by atoms with E-state index in [0.29, 0.717) is 12.5 Å². The van der Waals surface area contributed by atoms with Gasteiger partial charge < -0.3 is 10.1 Å². The van der Waals surface area contributed by atoms with E-state index < -0.39 is 0 Å². The van der Waals surface area contributed by atoms with Crippen LogP contribution in [-0.4, -0.2) is 25.7 Å². The van der Waals surface area contributed by atoms with Gasteiger partial charge in [-0.3, -0.25) is 4.79 Å². The highest BCUT2D eigenvalue weighted by Gasteiger charge is 2.20. The summed E-state index contributed by atoms with van der Waals surface area (Å²) < 4.78 is 5.15. The lowest BCUT2D eigenvalue weighted by Gasteiger charge is -2.01. The first kappa shape index (κ1) is 12.5. The van der Waals surface area contributed by atoms with E-state index in [-0.39, 0.29) is 5.91 Å². The fourth-order valence-electron chi connectivity index (χ4n) is 1.72. The Morgan fingerprint density at radius 2 is 1.80 bits per heavy atom. The van der Waals surface area contributed by atoms with Crippen LogP contribution in [0.5, 0.6) is 0 Å². The van der Waals surface area contributed by atoms with Gasteiger partial charge in [0.25, 0.3) is 0 Å². The normalized spacial score (nSPS) is 18.9. The number of epoxide rings is 1. The molecular weight excluding hydrogens is 190 g/mol. The third-order valence-electron chi connectivity index (χ3n) is 2.86. The van der Waals surface area contributed by atoms with Crippen LogP contribution in [0.4, 0.5) is 0 Å². The molecule has 3 heteroatoms. The molecule has 1 saturated heterocycles. The number of unbranched alkanes of at least 4 members (excludes halogenated alkanes) is 5. The van der Waals surface area contributed by atoms with E-state index in [2.05, 4.69) is 5.32 Å². The molecule has 0 aromatic rings. The van der Waals surface area contributed by atoms with E-state index in [1.165, 1.54) is 38.5 Å². The maximum atomic E-state index is 10.9. The lowest BCUT2D eigenvalue weighted by atomic mass is 10.1. The average Bonchev–Trinajstić information content (AvgIpc) is 3.05. The molecule has 0 spiro atoms. The van der Waals surface area contributed by atoms with Crippen LogP contribution in [0.15, 0.2) is 0 Å². The van der Waals surface area contributed by atoms with Crippen molar-refractivity contribution < 1.29 is 9.53 Å². The van der Waals surface area contributed by atoms with E-state index in [9.17, 15) is 4.79 Å². The molecule has 1 N–H and O–H groups in total. The third kappa shape index (κ3) is 7.37. The van der Waals surface area contributed by atoms with Crippen molar-refractivity contribution in [2.45, 2.75) is 57.5 Å². The van der Waals surface area contributed by atoms with Gasteiger partial charge in [-0.25, -0.2) is 0 Å². The van der Waals surface area contributed by atoms with Gasteiger partial charge in [0.05, 0.1) is 12.7 Å². The molecule has 1 heterocycles. The van der Waals surface area contributed by atoms with Crippen molar-refractivity contribution in [3.05, 3.63) is 0 Å². The van der Waals surface area contributed by atoms with Gasteiger partial charge in [0.1, 0.15) is 0 Å². The Balaban J connectivity index is 1.70. The number of carbonyl (C=O) groups excluding carboxylic acids is 1. The molecule has 1 amide bonds. The number of nitrogens with one attached hydrogen (secondary N) is 1. The minimum absolute atomic E-state index is 0.167. The van der Waals surface area contributed by atoms with E-state index in [1.807, 2.05) is 0 Å². The van der Waals surface area contributed by atoms with Gasteiger partial charge in [0, 0.05) is 13.5 Å². The summed E-state index contributed by atoms with van der Waals surface area (Å²) in [6.45, 7) is 0.992. The van der Waals surface area contributed by atoms with Gasteiger partial charge in [-0.05, 0) is 12.8 Å². The van der Waals surface area contributed by atoms with Gasteiger partial charge in [0.15, 0.2) is 0 Å². The zero-order valence-electron chi connectivity index (χ0n) is 9.76. The van der Waals surface area contributed by atoms with Crippen molar-refractivity contribution >= 4 is 5.91 Å². The number of hydrogen-bond acceptors (Lipinski definition) is 2. The standard InChI is InChI=1S/C12H23NO2/c1-13-12(14)9-7-5-3-2-4-6-8-11-10-15-11/h11H,2-10H2,1H3,(H,13,14). The Kier molecular flexibility index (Phi) is 6.41. The quantitative estimate of drug-likeness (QED) is 0.471. The maximum Gasteiger partial charge on any atom is 0.219 e. The highest BCUT2D eigenvalue weighted by Crippen LogP contribution is 2.18. The second kappa shape index (κ2) is 7.69. The highest BCUT2D eigenvalue weighted by atomic mass is 16.6. The second-order valence-electron chi connectivity index (χ2n) is 4.29. The number of rotatable bonds is 9. The molecule has 0 aromatic carbocycles. The molecule has 1 rings (SSSR count). The van der Waals surface area contributed by atoms with E-state index in [4.69, 9.17) is 4.74 Å². The molecule has 3 nitrogen and oxygen atoms in total. The fraction of sp³-hybridized carbons (Fsp3) is 0.917. The van der Waals surface area contributed by atoms with E-state index in [1.54, 1.807) is 7.05 Å². The van der Waals surface area contributed by atoms with Crippen molar-refractivity contribution in [1.29, 1.82) is 0 Å². The largest absolute Gasteiger partial charge is 0.373 e. The molecule has 0 radical (unpaired) electrons. The highest BCUT2D eigenvalue weighted by molar-refractivity contribution is 5.75. The fourth-order valence-corrected chi connectivity index (χ4v) is 1.72. The summed E-state index contributed by atoms with van der Waals surface area (Å²) in [6.07, 6.45) is 9.95. The first-order valence-electron chi connectivity index (χ1n) is 6.15. The van der Waals surface area contributed by atoms with Gasteiger partial charge in [-0.1, -0.05) is 32.1 Å². The Morgan fingerprint density at radius 1 is 1.20 bits per heavy atom. The van der Waals surface area contributed by atoms with Crippen LogP contribution in [0.2, 0.25) is 0 Å². The zero-order chi connectivity index (χ0) is 10.9. The summed E-state index contributed by atoms with van der Waals surface area (Å²) in [5.41, 5.74) is 0. The van der Waals surface area contributed by atoms with Crippen LogP contribution >= 0.6 is 0 Å². The number of hydrogen-bond donors (Lipinski definition) is 1. The van der Waals surface area contributed by atoms with Crippen LogP contribution < -0.4 is 5.32 Å². The lowest BCUT2D eigenvalue weighted by Crippen LogP contribution is -2.16. The molecule has 1 unspecified atom stereocenters. The Morgan fingerprint density at radius 3 is 2.40 bits per heavy atom. The molecular formula is C12H23NO2. The van der Waals surface area contributed by atoms with Crippen LogP contribution in [0.1, 0.15) is 51.4 Å². The van der Waals surface area contributed by atoms with Crippen LogP contribution in [0, 0.1) is 0 Å². The van der Waals surface area contributed by atoms with Crippen LogP contribution in [-0.2, 0) is 9.53 Å². The Bertz CT molecular complexity index is 178. The number of amides is 1. The molecule has 0 saturated carbocycles.